The summed E-state index contributed by atoms with van der Waals surface area (Å²) >= 11 is 0. The molecule has 0 unspecified atom stereocenters. The van der Waals surface area contributed by atoms with Crippen LogP contribution < -0.4 is 5.32 Å². The molecule has 0 saturated heterocycles. The van der Waals surface area contributed by atoms with E-state index in [2.05, 4.69) is 35.4 Å². The standard InChI is InChI=1S/C19H17FN2O/c1-13-4-2-5-14(10-13)8-9-18-21-17(19(23)22-18)12-15-6-3-7-16(20)11-15/h2-7,10-12H,8-9H2,1H3,(H,21,22,23)/b17-12+. The van der Waals surface area contributed by atoms with Gasteiger partial charge in [-0.2, -0.15) is 0 Å². The second-order valence-corrected chi connectivity index (χ2v) is 5.59. The number of aryl methyl sites for hydroxylation is 2. The number of carbonyl (C=O) groups excluding carboxylic acids is 1. The Labute approximate surface area is 134 Å². The summed E-state index contributed by atoms with van der Waals surface area (Å²) in [6.07, 6.45) is 3.07. The molecule has 3 rings (SSSR count). The lowest BCUT2D eigenvalue weighted by Gasteiger charge is -2.02. The van der Waals surface area contributed by atoms with Crippen LogP contribution in [0, 0.1) is 12.7 Å². The van der Waals surface area contributed by atoms with E-state index in [1.807, 2.05) is 6.07 Å². The largest absolute Gasteiger partial charge is 0.309 e. The van der Waals surface area contributed by atoms with Crippen LogP contribution in [0.4, 0.5) is 4.39 Å². The molecule has 0 radical (unpaired) electrons. The first-order valence-corrected chi connectivity index (χ1v) is 7.52. The molecule has 1 aliphatic rings. The third kappa shape index (κ3) is 3.92. The van der Waals surface area contributed by atoms with Crippen LogP contribution >= 0.6 is 0 Å². The zero-order valence-electron chi connectivity index (χ0n) is 12.8. The van der Waals surface area contributed by atoms with Gasteiger partial charge in [-0.3, -0.25) is 4.79 Å². The number of aliphatic imine (C=N–C) groups is 1. The Hall–Kier alpha value is -2.75. The lowest BCUT2D eigenvalue weighted by molar-refractivity contribution is -0.115. The molecule has 2 aromatic rings. The van der Waals surface area contributed by atoms with Crippen LogP contribution in [-0.4, -0.2) is 11.7 Å². The van der Waals surface area contributed by atoms with Crippen molar-refractivity contribution >= 4 is 17.8 Å². The van der Waals surface area contributed by atoms with Gasteiger partial charge in [-0.15, -0.1) is 0 Å². The van der Waals surface area contributed by atoms with Gasteiger partial charge in [0.2, 0.25) is 0 Å². The molecule has 0 aromatic heterocycles. The van der Waals surface area contributed by atoms with Gasteiger partial charge in [-0.1, -0.05) is 42.0 Å². The average molecular weight is 308 g/mol. The Kier molecular flexibility index (Phi) is 4.33. The smallest absolute Gasteiger partial charge is 0.275 e. The van der Waals surface area contributed by atoms with Gasteiger partial charge in [-0.25, -0.2) is 9.38 Å². The summed E-state index contributed by atoms with van der Waals surface area (Å²) in [7, 11) is 0. The minimum absolute atomic E-state index is 0.242. The molecular formula is C19H17FN2O. The molecule has 2 aromatic carbocycles. The Bertz CT molecular complexity index is 809. The number of carbonyl (C=O) groups is 1. The predicted molar refractivity (Wildman–Crippen MR) is 89.5 cm³/mol. The maximum atomic E-state index is 13.2. The Morgan fingerprint density at radius 3 is 2.74 bits per heavy atom. The topological polar surface area (TPSA) is 41.5 Å². The summed E-state index contributed by atoms with van der Waals surface area (Å²) in [5.74, 6) is 0.0778. The Morgan fingerprint density at radius 1 is 1.13 bits per heavy atom. The van der Waals surface area contributed by atoms with Crippen LogP contribution in [0.2, 0.25) is 0 Å². The van der Waals surface area contributed by atoms with Crippen molar-refractivity contribution in [1.82, 2.24) is 5.32 Å². The molecule has 1 aliphatic heterocycles. The molecule has 1 heterocycles. The third-order valence-electron chi connectivity index (χ3n) is 3.63. The summed E-state index contributed by atoms with van der Waals surface area (Å²) in [5.41, 5.74) is 3.37. The quantitative estimate of drug-likeness (QED) is 0.861. The highest BCUT2D eigenvalue weighted by molar-refractivity contribution is 6.14. The van der Waals surface area contributed by atoms with Gasteiger partial charge < -0.3 is 5.32 Å². The first kappa shape index (κ1) is 15.2. The molecule has 0 fully saturated rings. The number of halogens is 1. The monoisotopic (exact) mass is 308 g/mol. The van der Waals surface area contributed by atoms with E-state index in [9.17, 15) is 9.18 Å². The van der Waals surface area contributed by atoms with Crippen molar-refractivity contribution < 1.29 is 9.18 Å². The number of rotatable bonds is 4. The van der Waals surface area contributed by atoms with Crippen LogP contribution in [0.15, 0.2) is 59.2 Å². The highest BCUT2D eigenvalue weighted by Crippen LogP contribution is 2.15. The van der Waals surface area contributed by atoms with E-state index in [4.69, 9.17) is 0 Å². The second-order valence-electron chi connectivity index (χ2n) is 5.59. The molecule has 0 spiro atoms. The van der Waals surface area contributed by atoms with Crippen LogP contribution in [-0.2, 0) is 11.2 Å². The second kappa shape index (κ2) is 6.57. The molecule has 1 N–H and O–H groups in total. The SMILES string of the molecule is Cc1cccc(CCC2=N/C(=C/c3cccc(F)c3)C(=O)N2)c1. The van der Waals surface area contributed by atoms with Gasteiger partial charge in [0.1, 0.15) is 17.3 Å². The van der Waals surface area contributed by atoms with Crippen molar-refractivity contribution in [2.45, 2.75) is 19.8 Å². The summed E-state index contributed by atoms with van der Waals surface area (Å²) in [5, 5.41) is 2.77. The van der Waals surface area contributed by atoms with Crippen molar-refractivity contribution in [2.24, 2.45) is 4.99 Å². The lowest BCUT2D eigenvalue weighted by atomic mass is 10.1. The molecule has 0 bridgehead atoms. The fourth-order valence-corrected chi connectivity index (χ4v) is 2.52. The third-order valence-corrected chi connectivity index (χ3v) is 3.63. The zero-order valence-corrected chi connectivity index (χ0v) is 12.8. The van der Waals surface area contributed by atoms with E-state index in [0.29, 0.717) is 23.5 Å². The number of hydrogen-bond acceptors (Lipinski definition) is 2. The molecular weight excluding hydrogens is 291 g/mol. The van der Waals surface area contributed by atoms with Gasteiger partial charge in [0, 0.05) is 6.42 Å². The van der Waals surface area contributed by atoms with E-state index < -0.39 is 0 Å². The highest BCUT2D eigenvalue weighted by atomic mass is 19.1. The number of benzene rings is 2. The zero-order chi connectivity index (χ0) is 16.2. The van der Waals surface area contributed by atoms with Crippen molar-refractivity contribution in [3.63, 3.8) is 0 Å². The molecule has 0 aliphatic carbocycles. The summed E-state index contributed by atoms with van der Waals surface area (Å²) in [6.45, 7) is 2.05. The molecule has 1 amide bonds. The van der Waals surface area contributed by atoms with Gasteiger partial charge in [0.15, 0.2) is 0 Å². The van der Waals surface area contributed by atoms with Crippen LogP contribution in [0.1, 0.15) is 23.1 Å². The fraction of sp³-hybridized carbons (Fsp3) is 0.158. The highest BCUT2D eigenvalue weighted by Gasteiger charge is 2.19. The number of amides is 1. The van der Waals surface area contributed by atoms with E-state index >= 15 is 0 Å². The van der Waals surface area contributed by atoms with Crippen molar-refractivity contribution in [2.75, 3.05) is 0 Å². The van der Waals surface area contributed by atoms with Crippen LogP contribution in [0.5, 0.6) is 0 Å². The Balaban J connectivity index is 1.71. The molecule has 116 valence electrons. The molecule has 3 nitrogen and oxygen atoms in total. The van der Waals surface area contributed by atoms with Gasteiger partial charge >= 0.3 is 0 Å². The minimum atomic E-state index is -0.332. The van der Waals surface area contributed by atoms with Crippen molar-refractivity contribution in [3.05, 3.63) is 76.7 Å². The number of hydrogen-bond donors (Lipinski definition) is 1. The molecule has 4 heteroatoms. The van der Waals surface area contributed by atoms with Crippen LogP contribution in [0.25, 0.3) is 6.08 Å². The van der Waals surface area contributed by atoms with E-state index in [1.54, 1.807) is 18.2 Å². The Morgan fingerprint density at radius 2 is 1.96 bits per heavy atom. The maximum Gasteiger partial charge on any atom is 0.275 e. The van der Waals surface area contributed by atoms with Crippen molar-refractivity contribution in [3.8, 4) is 0 Å². The van der Waals surface area contributed by atoms with Crippen molar-refractivity contribution in [1.29, 1.82) is 0 Å². The maximum absolute atomic E-state index is 13.2. The first-order valence-electron chi connectivity index (χ1n) is 7.52. The fourth-order valence-electron chi connectivity index (χ4n) is 2.52. The van der Waals surface area contributed by atoms with E-state index in [-0.39, 0.29) is 11.7 Å². The average Bonchev–Trinajstić information content (AvgIpc) is 2.86. The summed E-state index contributed by atoms with van der Waals surface area (Å²) < 4.78 is 13.2. The van der Waals surface area contributed by atoms with E-state index in [1.165, 1.54) is 23.3 Å². The lowest BCUT2D eigenvalue weighted by Crippen LogP contribution is -2.24. The molecule has 0 atom stereocenters. The summed E-state index contributed by atoms with van der Waals surface area (Å²) in [6, 6.07) is 14.4. The van der Waals surface area contributed by atoms with E-state index in [0.717, 1.165) is 6.42 Å². The molecule has 0 saturated carbocycles. The van der Waals surface area contributed by atoms with Gasteiger partial charge in [0.25, 0.3) is 5.91 Å². The predicted octanol–water partition coefficient (Wildman–Crippen LogP) is 3.64. The minimum Gasteiger partial charge on any atom is -0.309 e. The first-order chi connectivity index (χ1) is 11.1. The molecule has 23 heavy (non-hydrogen) atoms. The number of nitrogens with zero attached hydrogens (tertiary/aromatic N) is 1. The number of amidine groups is 1. The summed E-state index contributed by atoms with van der Waals surface area (Å²) in [4.78, 5) is 16.3. The van der Waals surface area contributed by atoms with Gasteiger partial charge in [-0.05, 0) is 42.7 Å². The number of nitrogens with one attached hydrogen (secondary N) is 1. The van der Waals surface area contributed by atoms with Gasteiger partial charge in [0.05, 0.1) is 0 Å². The van der Waals surface area contributed by atoms with Crippen LogP contribution in [0.3, 0.4) is 0 Å². The normalized spacial score (nSPS) is 15.7.